The summed E-state index contributed by atoms with van der Waals surface area (Å²) in [6.45, 7) is 1.92. The molecule has 4 heteroatoms. The van der Waals surface area contributed by atoms with Crippen LogP contribution in [0.3, 0.4) is 0 Å². The molecule has 0 amide bonds. The monoisotopic (exact) mass is 237 g/mol. The maximum absolute atomic E-state index is 13.5. The predicted octanol–water partition coefficient (Wildman–Crippen LogP) is 3.66. The summed E-state index contributed by atoms with van der Waals surface area (Å²) in [5, 5.41) is 2.71. The highest BCUT2D eigenvalue weighted by molar-refractivity contribution is 7.10. The second-order valence-electron chi connectivity index (χ2n) is 3.43. The molecule has 16 heavy (non-hydrogen) atoms. The van der Waals surface area contributed by atoms with Crippen LogP contribution in [0.5, 0.6) is 0 Å². The molecule has 0 saturated heterocycles. The summed E-state index contributed by atoms with van der Waals surface area (Å²) in [6, 6.07) is 6.64. The molecule has 1 atom stereocenters. The van der Waals surface area contributed by atoms with E-state index in [9.17, 15) is 4.39 Å². The second-order valence-corrected chi connectivity index (χ2v) is 4.32. The van der Waals surface area contributed by atoms with Gasteiger partial charge < -0.3 is 4.74 Å². The molecule has 1 heterocycles. The van der Waals surface area contributed by atoms with Crippen molar-refractivity contribution in [2.45, 2.75) is 13.0 Å². The highest BCUT2D eigenvalue weighted by Gasteiger charge is 2.12. The summed E-state index contributed by atoms with van der Waals surface area (Å²) >= 11 is 1.48. The molecule has 0 fully saturated rings. The molecule has 0 N–H and O–H groups in total. The molecule has 2 nitrogen and oxygen atoms in total. The minimum Gasteiger partial charge on any atom is -0.375 e. The Balaban J connectivity index is 2.35. The van der Waals surface area contributed by atoms with Crippen LogP contribution in [-0.2, 0) is 4.74 Å². The van der Waals surface area contributed by atoms with Gasteiger partial charge in [0.05, 0.1) is 5.69 Å². The first-order valence-electron chi connectivity index (χ1n) is 4.95. The van der Waals surface area contributed by atoms with Gasteiger partial charge in [-0.3, -0.25) is 0 Å². The van der Waals surface area contributed by atoms with Gasteiger partial charge in [-0.2, -0.15) is 0 Å². The molecule has 0 bridgehead atoms. The van der Waals surface area contributed by atoms with E-state index in [2.05, 4.69) is 4.98 Å². The van der Waals surface area contributed by atoms with Gasteiger partial charge in [0, 0.05) is 18.1 Å². The van der Waals surface area contributed by atoms with Crippen molar-refractivity contribution < 1.29 is 9.13 Å². The first-order chi connectivity index (χ1) is 7.72. The largest absolute Gasteiger partial charge is 0.375 e. The van der Waals surface area contributed by atoms with Crippen molar-refractivity contribution in [3.63, 3.8) is 0 Å². The maximum Gasteiger partial charge on any atom is 0.132 e. The molecule has 1 aromatic carbocycles. The Morgan fingerprint density at radius 1 is 1.38 bits per heavy atom. The Kier molecular flexibility index (Phi) is 3.31. The fourth-order valence-corrected chi connectivity index (χ4v) is 2.22. The Bertz CT molecular complexity index is 483. The van der Waals surface area contributed by atoms with E-state index in [1.807, 2.05) is 12.3 Å². The number of hydrogen-bond donors (Lipinski definition) is 0. The van der Waals surface area contributed by atoms with Crippen molar-refractivity contribution in [3.05, 3.63) is 40.5 Å². The number of rotatable bonds is 3. The molecule has 0 spiro atoms. The Hall–Kier alpha value is -1.26. The molecule has 1 aromatic heterocycles. The second kappa shape index (κ2) is 4.72. The lowest BCUT2D eigenvalue weighted by molar-refractivity contribution is 0.119. The molecule has 0 radical (unpaired) electrons. The van der Waals surface area contributed by atoms with E-state index in [0.717, 1.165) is 5.01 Å². The van der Waals surface area contributed by atoms with Gasteiger partial charge in [-0.15, -0.1) is 11.3 Å². The lowest BCUT2D eigenvalue weighted by Crippen LogP contribution is -1.94. The number of halogens is 1. The van der Waals surface area contributed by atoms with Crippen molar-refractivity contribution >= 4 is 11.3 Å². The van der Waals surface area contributed by atoms with Crippen LogP contribution in [0.4, 0.5) is 4.39 Å². The van der Waals surface area contributed by atoms with Gasteiger partial charge in [0.25, 0.3) is 0 Å². The third kappa shape index (κ3) is 2.13. The standard InChI is InChI=1S/C12H12FNOS/c1-8(15-2)12-14-11(7-16-12)9-5-3-4-6-10(9)13/h3-8H,1-2H3/t8-/m1/s1. The van der Waals surface area contributed by atoms with Crippen LogP contribution in [-0.4, -0.2) is 12.1 Å². The number of aromatic nitrogens is 1. The Labute approximate surface area is 97.7 Å². The average Bonchev–Trinajstić information content (AvgIpc) is 2.78. The van der Waals surface area contributed by atoms with Gasteiger partial charge in [0.15, 0.2) is 0 Å². The third-order valence-electron chi connectivity index (χ3n) is 2.37. The smallest absolute Gasteiger partial charge is 0.132 e. The normalized spacial score (nSPS) is 12.7. The van der Waals surface area contributed by atoms with E-state index in [0.29, 0.717) is 11.3 Å². The van der Waals surface area contributed by atoms with E-state index < -0.39 is 0 Å². The SMILES string of the molecule is CO[C@H](C)c1nc(-c2ccccc2F)cs1. The predicted molar refractivity (Wildman–Crippen MR) is 62.9 cm³/mol. The lowest BCUT2D eigenvalue weighted by atomic mass is 10.1. The third-order valence-corrected chi connectivity index (χ3v) is 3.38. The van der Waals surface area contributed by atoms with E-state index in [4.69, 9.17) is 4.74 Å². The summed E-state index contributed by atoms with van der Waals surface area (Å²) in [7, 11) is 1.63. The van der Waals surface area contributed by atoms with Crippen LogP contribution < -0.4 is 0 Å². The highest BCUT2D eigenvalue weighted by Crippen LogP contribution is 2.27. The summed E-state index contributed by atoms with van der Waals surface area (Å²) in [6.07, 6.45) is -0.0504. The summed E-state index contributed by atoms with van der Waals surface area (Å²) in [5.74, 6) is -0.246. The van der Waals surface area contributed by atoms with E-state index >= 15 is 0 Å². The van der Waals surface area contributed by atoms with Crippen LogP contribution in [0, 0.1) is 5.82 Å². The van der Waals surface area contributed by atoms with E-state index in [1.165, 1.54) is 17.4 Å². The van der Waals surface area contributed by atoms with Crippen molar-refractivity contribution in [1.29, 1.82) is 0 Å². The molecule has 0 aliphatic carbocycles. The quantitative estimate of drug-likeness (QED) is 0.812. The van der Waals surface area contributed by atoms with Gasteiger partial charge in [-0.1, -0.05) is 12.1 Å². The lowest BCUT2D eigenvalue weighted by Gasteiger charge is -2.03. The molecule has 0 aliphatic rings. The van der Waals surface area contributed by atoms with Crippen molar-refractivity contribution in [2.75, 3.05) is 7.11 Å². The number of methoxy groups -OCH3 is 1. The summed E-state index contributed by atoms with van der Waals surface area (Å²) in [5.41, 5.74) is 1.20. The maximum atomic E-state index is 13.5. The molecule has 0 aliphatic heterocycles. The van der Waals surface area contributed by atoms with Gasteiger partial charge >= 0.3 is 0 Å². The van der Waals surface area contributed by atoms with Gasteiger partial charge in [0.1, 0.15) is 16.9 Å². The molecular formula is C12H12FNOS. The molecule has 2 aromatic rings. The van der Waals surface area contributed by atoms with Gasteiger partial charge in [0.2, 0.25) is 0 Å². The summed E-state index contributed by atoms with van der Waals surface area (Å²) in [4.78, 5) is 4.37. The molecule has 84 valence electrons. The van der Waals surface area contributed by atoms with E-state index in [1.54, 1.807) is 25.3 Å². The van der Waals surface area contributed by atoms with Crippen LogP contribution in [0.15, 0.2) is 29.6 Å². The fraction of sp³-hybridized carbons (Fsp3) is 0.250. The number of thiazole rings is 1. The first-order valence-corrected chi connectivity index (χ1v) is 5.83. The van der Waals surface area contributed by atoms with Crippen molar-refractivity contribution in [3.8, 4) is 11.3 Å². The van der Waals surface area contributed by atoms with Crippen LogP contribution in [0.25, 0.3) is 11.3 Å². The molecule has 2 rings (SSSR count). The number of nitrogens with zero attached hydrogens (tertiary/aromatic N) is 1. The molecule has 0 saturated carbocycles. The van der Waals surface area contributed by atoms with Crippen molar-refractivity contribution in [2.24, 2.45) is 0 Å². The zero-order valence-corrected chi connectivity index (χ0v) is 9.92. The Morgan fingerprint density at radius 3 is 2.81 bits per heavy atom. The average molecular weight is 237 g/mol. The van der Waals surface area contributed by atoms with Crippen LogP contribution in [0.1, 0.15) is 18.0 Å². The minimum absolute atomic E-state index is 0.0504. The topological polar surface area (TPSA) is 22.1 Å². The first kappa shape index (κ1) is 11.2. The molecular weight excluding hydrogens is 225 g/mol. The minimum atomic E-state index is -0.246. The fourth-order valence-electron chi connectivity index (χ4n) is 1.37. The number of ether oxygens (including phenoxy) is 1. The highest BCUT2D eigenvalue weighted by atomic mass is 32.1. The van der Waals surface area contributed by atoms with Gasteiger partial charge in [-0.05, 0) is 19.1 Å². The van der Waals surface area contributed by atoms with E-state index in [-0.39, 0.29) is 11.9 Å². The number of benzene rings is 1. The number of hydrogen-bond acceptors (Lipinski definition) is 3. The Morgan fingerprint density at radius 2 is 2.12 bits per heavy atom. The zero-order valence-electron chi connectivity index (χ0n) is 9.11. The van der Waals surface area contributed by atoms with Crippen LogP contribution in [0.2, 0.25) is 0 Å². The van der Waals surface area contributed by atoms with Crippen molar-refractivity contribution in [1.82, 2.24) is 4.98 Å². The summed E-state index contributed by atoms with van der Waals surface area (Å²) < 4.78 is 18.7. The van der Waals surface area contributed by atoms with Gasteiger partial charge in [-0.25, -0.2) is 9.37 Å². The van der Waals surface area contributed by atoms with Crippen LogP contribution >= 0.6 is 11.3 Å². The zero-order chi connectivity index (χ0) is 11.5. The molecule has 0 unspecified atom stereocenters.